The zero-order valence-electron chi connectivity index (χ0n) is 14.8. The molecule has 0 saturated carbocycles. The van der Waals surface area contributed by atoms with Crippen LogP contribution in [0.3, 0.4) is 0 Å². The summed E-state index contributed by atoms with van der Waals surface area (Å²) in [5, 5.41) is 0. The molecule has 0 atom stereocenters. The Balaban J connectivity index is 1.73. The summed E-state index contributed by atoms with van der Waals surface area (Å²) < 4.78 is 0.894. The number of benzene rings is 3. The molecule has 1 aliphatic rings. The Labute approximate surface area is 176 Å². The van der Waals surface area contributed by atoms with Crippen molar-refractivity contribution in [1.29, 1.82) is 0 Å². The van der Waals surface area contributed by atoms with Crippen molar-refractivity contribution in [2.45, 2.75) is 5.75 Å². The van der Waals surface area contributed by atoms with Crippen molar-refractivity contribution in [3.05, 3.63) is 105 Å². The number of carbonyl (C=O) groups is 2. The number of hydrogen-bond acceptors (Lipinski definition) is 3. The lowest BCUT2D eigenvalue weighted by Gasteiger charge is -2.15. The number of hydrogen-bond donors (Lipinski definition) is 0. The molecule has 28 heavy (non-hydrogen) atoms. The van der Waals surface area contributed by atoms with E-state index in [1.54, 1.807) is 12.1 Å². The minimum absolute atomic E-state index is 0.271. The summed E-state index contributed by atoms with van der Waals surface area (Å²) in [7, 11) is 0. The molecule has 0 N–H and O–H groups in total. The zero-order chi connectivity index (χ0) is 19.5. The summed E-state index contributed by atoms with van der Waals surface area (Å²) in [4.78, 5) is 28.2. The summed E-state index contributed by atoms with van der Waals surface area (Å²) in [5.74, 6) is 0.0703. The lowest BCUT2D eigenvalue weighted by molar-refractivity contribution is -0.119. The second-order valence-electron chi connectivity index (χ2n) is 6.27. The van der Waals surface area contributed by atoms with Gasteiger partial charge in [-0.2, -0.15) is 0 Å². The van der Waals surface area contributed by atoms with E-state index in [2.05, 4.69) is 15.9 Å². The Morgan fingerprint density at radius 1 is 0.750 bits per heavy atom. The highest BCUT2D eigenvalue weighted by molar-refractivity contribution is 9.10. The van der Waals surface area contributed by atoms with E-state index in [9.17, 15) is 9.59 Å². The molecule has 0 bridgehead atoms. The average molecular weight is 450 g/mol. The van der Waals surface area contributed by atoms with Crippen LogP contribution >= 0.6 is 27.7 Å². The molecular weight excluding hydrogens is 434 g/mol. The van der Waals surface area contributed by atoms with E-state index < -0.39 is 0 Å². The molecule has 0 unspecified atom stereocenters. The predicted molar refractivity (Wildman–Crippen MR) is 118 cm³/mol. The highest BCUT2D eigenvalue weighted by Gasteiger charge is 2.40. The van der Waals surface area contributed by atoms with E-state index in [1.807, 2.05) is 72.8 Å². The van der Waals surface area contributed by atoms with Gasteiger partial charge in [0, 0.05) is 10.2 Å². The van der Waals surface area contributed by atoms with Gasteiger partial charge in [-0.25, -0.2) is 4.90 Å². The Morgan fingerprint density at radius 2 is 1.36 bits per heavy atom. The summed E-state index contributed by atoms with van der Waals surface area (Å²) in [6, 6.07) is 26.5. The molecule has 0 aliphatic carbocycles. The molecule has 4 rings (SSSR count). The highest BCUT2D eigenvalue weighted by atomic mass is 79.9. The minimum Gasteiger partial charge on any atom is -0.268 e. The van der Waals surface area contributed by atoms with E-state index >= 15 is 0 Å². The van der Waals surface area contributed by atoms with E-state index in [0.717, 1.165) is 15.6 Å². The first-order valence-electron chi connectivity index (χ1n) is 8.76. The van der Waals surface area contributed by atoms with Crippen molar-refractivity contribution >= 4 is 50.8 Å². The van der Waals surface area contributed by atoms with Crippen LogP contribution in [0.5, 0.6) is 0 Å². The van der Waals surface area contributed by atoms with E-state index in [0.29, 0.717) is 21.9 Å². The van der Waals surface area contributed by atoms with Crippen molar-refractivity contribution in [3.63, 3.8) is 0 Å². The largest absolute Gasteiger partial charge is 0.272 e. The van der Waals surface area contributed by atoms with Gasteiger partial charge in [-0.1, -0.05) is 76.6 Å². The predicted octanol–water partition coefficient (Wildman–Crippen LogP) is 5.67. The zero-order valence-corrected chi connectivity index (χ0v) is 17.2. The Hall–Kier alpha value is -2.63. The van der Waals surface area contributed by atoms with Gasteiger partial charge in [0.05, 0.1) is 16.2 Å². The molecule has 2 amide bonds. The van der Waals surface area contributed by atoms with Gasteiger partial charge in [0.2, 0.25) is 0 Å². The van der Waals surface area contributed by atoms with Crippen molar-refractivity contribution < 1.29 is 9.59 Å². The van der Waals surface area contributed by atoms with Crippen molar-refractivity contribution in [2.24, 2.45) is 0 Å². The maximum absolute atomic E-state index is 13.2. The van der Waals surface area contributed by atoms with E-state index in [-0.39, 0.29) is 11.8 Å². The third kappa shape index (κ3) is 3.68. The fraction of sp³-hybridized carbons (Fsp3) is 0.0435. The molecule has 1 aliphatic heterocycles. The van der Waals surface area contributed by atoms with E-state index in [1.165, 1.54) is 16.7 Å². The smallest absolute Gasteiger partial charge is 0.268 e. The number of imide groups is 1. The van der Waals surface area contributed by atoms with Crippen LogP contribution in [0.15, 0.2) is 94.3 Å². The number of halogens is 1. The van der Waals surface area contributed by atoms with Gasteiger partial charge in [0.1, 0.15) is 0 Å². The molecule has 0 saturated heterocycles. The second-order valence-corrected chi connectivity index (χ2v) is 8.17. The first-order valence-corrected chi connectivity index (χ1v) is 10.5. The van der Waals surface area contributed by atoms with Crippen molar-refractivity contribution in [3.8, 4) is 0 Å². The molecule has 0 spiro atoms. The van der Waals surface area contributed by atoms with Gasteiger partial charge in [-0.3, -0.25) is 9.59 Å². The highest BCUT2D eigenvalue weighted by Crippen LogP contribution is 2.39. The lowest BCUT2D eigenvalue weighted by atomic mass is 10.1. The fourth-order valence-electron chi connectivity index (χ4n) is 3.06. The first kappa shape index (κ1) is 18.7. The molecule has 0 fully saturated rings. The maximum atomic E-state index is 13.2. The molecule has 0 radical (unpaired) electrons. The number of anilines is 1. The van der Waals surface area contributed by atoms with Gasteiger partial charge in [-0.05, 0) is 35.4 Å². The number of thioether (sulfide) groups is 1. The first-order chi connectivity index (χ1) is 13.6. The molecule has 1 heterocycles. The van der Waals surface area contributed by atoms with Gasteiger partial charge in [0.15, 0.2) is 0 Å². The minimum atomic E-state index is -0.283. The van der Waals surface area contributed by atoms with Crippen LogP contribution in [-0.4, -0.2) is 11.8 Å². The monoisotopic (exact) mass is 449 g/mol. The standard InChI is InChI=1S/C23H16BrNO2S/c24-18-11-13-19(14-12-18)25-22(26)20(17-9-5-2-6-10-17)21(23(25)27)28-15-16-7-3-1-4-8-16/h1-14H,15H2. The molecule has 5 heteroatoms. The molecule has 138 valence electrons. The van der Waals surface area contributed by atoms with Crippen LogP contribution in [0.25, 0.3) is 5.57 Å². The van der Waals surface area contributed by atoms with Crippen LogP contribution < -0.4 is 4.90 Å². The third-order valence-electron chi connectivity index (χ3n) is 4.41. The van der Waals surface area contributed by atoms with Crippen LogP contribution in [0.1, 0.15) is 11.1 Å². The summed E-state index contributed by atoms with van der Waals surface area (Å²) in [5.41, 5.74) is 2.90. The van der Waals surface area contributed by atoms with Crippen molar-refractivity contribution in [2.75, 3.05) is 4.90 Å². The Kier molecular flexibility index (Phi) is 5.46. The quantitative estimate of drug-likeness (QED) is 0.471. The van der Waals surface area contributed by atoms with Gasteiger partial charge in [0.25, 0.3) is 11.8 Å². The fourth-order valence-corrected chi connectivity index (χ4v) is 4.39. The van der Waals surface area contributed by atoms with Crippen LogP contribution in [0.4, 0.5) is 5.69 Å². The van der Waals surface area contributed by atoms with Crippen LogP contribution in [0.2, 0.25) is 0 Å². The SMILES string of the molecule is O=C1C(SCc2ccccc2)=C(c2ccccc2)C(=O)N1c1ccc(Br)cc1. The Morgan fingerprint density at radius 3 is 2.00 bits per heavy atom. The van der Waals surface area contributed by atoms with E-state index in [4.69, 9.17) is 0 Å². The molecule has 3 aromatic carbocycles. The molecule has 3 aromatic rings. The number of rotatable bonds is 5. The number of carbonyl (C=O) groups excluding carboxylic acids is 2. The normalized spacial score (nSPS) is 14.1. The van der Waals surface area contributed by atoms with Gasteiger partial charge >= 0.3 is 0 Å². The summed E-state index contributed by atoms with van der Waals surface area (Å²) in [6.45, 7) is 0. The molecule has 0 aromatic heterocycles. The third-order valence-corrected chi connectivity index (χ3v) is 6.09. The van der Waals surface area contributed by atoms with Crippen LogP contribution in [-0.2, 0) is 15.3 Å². The maximum Gasteiger partial charge on any atom is 0.272 e. The second kappa shape index (κ2) is 8.17. The molecular formula is C23H16BrNO2S. The summed E-state index contributed by atoms with van der Waals surface area (Å²) in [6.07, 6.45) is 0. The molecule has 3 nitrogen and oxygen atoms in total. The van der Waals surface area contributed by atoms with Crippen LogP contribution in [0, 0.1) is 0 Å². The Bertz CT molecular complexity index is 1050. The number of amides is 2. The number of nitrogens with zero attached hydrogens (tertiary/aromatic N) is 1. The lowest BCUT2D eigenvalue weighted by Crippen LogP contribution is -2.31. The van der Waals surface area contributed by atoms with Gasteiger partial charge < -0.3 is 0 Å². The summed E-state index contributed by atoms with van der Waals surface area (Å²) >= 11 is 4.80. The topological polar surface area (TPSA) is 37.4 Å². The average Bonchev–Trinajstić information content (AvgIpc) is 2.98. The van der Waals surface area contributed by atoms with Gasteiger partial charge in [-0.15, -0.1) is 11.8 Å². The van der Waals surface area contributed by atoms with Crippen molar-refractivity contribution in [1.82, 2.24) is 0 Å².